The van der Waals surface area contributed by atoms with Crippen molar-refractivity contribution in [2.75, 3.05) is 29.4 Å². The summed E-state index contributed by atoms with van der Waals surface area (Å²) in [6.45, 7) is 8.33. The second-order valence-corrected chi connectivity index (χ2v) is 6.81. The van der Waals surface area contributed by atoms with Gasteiger partial charge in [0, 0.05) is 31.4 Å². The van der Waals surface area contributed by atoms with Gasteiger partial charge < -0.3 is 14.9 Å². The van der Waals surface area contributed by atoms with Crippen LogP contribution in [0.3, 0.4) is 0 Å². The first kappa shape index (κ1) is 18.2. The molecule has 1 fully saturated rings. The molecule has 2 heterocycles. The second-order valence-electron chi connectivity index (χ2n) is 6.81. The fraction of sp³-hybridized carbons (Fsp3) is 0.450. The average molecular weight is 354 g/mol. The minimum atomic E-state index is -0.694. The number of benzene rings is 1. The Kier molecular flexibility index (Phi) is 5.40. The van der Waals surface area contributed by atoms with E-state index in [0.717, 1.165) is 29.7 Å². The summed E-state index contributed by atoms with van der Waals surface area (Å²) >= 11 is 0. The highest BCUT2D eigenvalue weighted by atomic mass is 16.4. The summed E-state index contributed by atoms with van der Waals surface area (Å²) in [5, 5.41) is 9.19. The molecule has 0 unspecified atom stereocenters. The third-order valence-electron chi connectivity index (χ3n) is 4.89. The predicted molar refractivity (Wildman–Crippen MR) is 103 cm³/mol. The van der Waals surface area contributed by atoms with Crippen LogP contribution in [0.1, 0.15) is 31.2 Å². The van der Waals surface area contributed by atoms with Crippen molar-refractivity contribution in [1.29, 1.82) is 0 Å². The molecule has 1 aliphatic heterocycles. The summed E-state index contributed by atoms with van der Waals surface area (Å²) in [6, 6.07) is 10.4. The van der Waals surface area contributed by atoms with Gasteiger partial charge in [0.2, 0.25) is 0 Å². The van der Waals surface area contributed by atoms with Crippen LogP contribution in [0.25, 0.3) is 0 Å². The molecule has 26 heavy (non-hydrogen) atoms. The highest BCUT2D eigenvalue weighted by Crippen LogP contribution is 2.29. The first-order valence-electron chi connectivity index (χ1n) is 9.15. The topological polar surface area (TPSA) is 69.6 Å². The molecular weight excluding hydrogens is 328 g/mol. The molecule has 0 aliphatic carbocycles. The lowest BCUT2D eigenvalue weighted by Crippen LogP contribution is -2.37. The number of piperidine rings is 1. The molecule has 1 aromatic heterocycles. The average Bonchev–Trinajstić information content (AvgIpc) is 2.62. The van der Waals surface area contributed by atoms with Gasteiger partial charge in [-0.2, -0.15) is 0 Å². The summed E-state index contributed by atoms with van der Waals surface area (Å²) in [7, 11) is 0. The van der Waals surface area contributed by atoms with Gasteiger partial charge in [-0.05, 0) is 51.3 Å². The van der Waals surface area contributed by atoms with Crippen LogP contribution >= 0.6 is 0 Å². The molecule has 0 saturated carbocycles. The fourth-order valence-electron chi connectivity index (χ4n) is 3.47. The van der Waals surface area contributed by atoms with E-state index in [9.17, 15) is 9.90 Å². The standard InChI is InChI=1S/C20H26N4O2/c1-4-24(17-7-5-6-14(2)12-17)19-13-18(21-15(3)22-19)23-10-8-16(9-11-23)20(25)26/h5-7,12-13,16H,4,8-11H2,1-3H3,(H,25,26). The fourth-order valence-corrected chi connectivity index (χ4v) is 3.47. The molecule has 0 amide bonds. The number of carbonyl (C=O) groups is 1. The van der Waals surface area contributed by atoms with E-state index < -0.39 is 5.97 Å². The van der Waals surface area contributed by atoms with Gasteiger partial charge in [-0.1, -0.05) is 12.1 Å². The van der Waals surface area contributed by atoms with Gasteiger partial charge in [-0.25, -0.2) is 9.97 Å². The summed E-state index contributed by atoms with van der Waals surface area (Å²) in [6.07, 6.45) is 1.31. The number of carboxylic acid groups (broad SMARTS) is 1. The number of anilines is 3. The second kappa shape index (κ2) is 7.72. The summed E-state index contributed by atoms with van der Waals surface area (Å²) in [4.78, 5) is 24.8. The Morgan fingerprint density at radius 2 is 1.96 bits per heavy atom. The van der Waals surface area contributed by atoms with Crippen LogP contribution in [0.4, 0.5) is 17.3 Å². The van der Waals surface area contributed by atoms with Crippen molar-refractivity contribution in [2.24, 2.45) is 5.92 Å². The molecule has 1 saturated heterocycles. The van der Waals surface area contributed by atoms with E-state index in [1.165, 1.54) is 5.56 Å². The molecule has 3 rings (SSSR count). The highest BCUT2D eigenvalue weighted by molar-refractivity contribution is 5.70. The van der Waals surface area contributed by atoms with Crippen molar-refractivity contribution in [3.8, 4) is 0 Å². The molecule has 1 aromatic carbocycles. The van der Waals surface area contributed by atoms with Gasteiger partial charge in [0.25, 0.3) is 0 Å². The zero-order valence-corrected chi connectivity index (χ0v) is 15.6. The minimum absolute atomic E-state index is 0.243. The minimum Gasteiger partial charge on any atom is -0.481 e. The Balaban J connectivity index is 1.86. The van der Waals surface area contributed by atoms with Crippen molar-refractivity contribution in [1.82, 2.24) is 9.97 Å². The number of hydrogen-bond donors (Lipinski definition) is 1. The molecular formula is C20H26N4O2. The van der Waals surface area contributed by atoms with Gasteiger partial charge in [-0.3, -0.25) is 4.79 Å². The van der Waals surface area contributed by atoms with E-state index in [2.05, 4.69) is 57.9 Å². The molecule has 2 aromatic rings. The van der Waals surface area contributed by atoms with E-state index in [-0.39, 0.29) is 5.92 Å². The van der Waals surface area contributed by atoms with Crippen LogP contribution < -0.4 is 9.80 Å². The number of aliphatic carboxylic acids is 1. The van der Waals surface area contributed by atoms with Gasteiger partial charge in [0.15, 0.2) is 0 Å². The maximum atomic E-state index is 11.2. The van der Waals surface area contributed by atoms with Crippen LogP contribution in [0.5, 0.6) is 0 Å². The molecule has 6 heteroatoms. The van der Waals surface area contributed by atoms with Crippen LogP contribution in [0.2, 0.25) is 0 Å². The third-order valence-corrected chi connectivity index (χ3v) is 4.89. The lowest BCUT2D eigenvalue weighted by molar-refractivity contribution is -0.142. The number of aryl methyl sites for hydroxylation is 2. The van der Waals surface area contributed by atoms with E-state index in [1.807, 2.05) is 13.0 Å². The van der Waals surface area contributed by atoms with E-state index in [1.54, 1.807) is 0 Å². The Morgan fingerprint density at radius 1 is 1.23 bits per heavy atom. The maximum Gasteiger partial charge on any atom is 0.306 e. The quantitative estimate of drug-likeness (QED) is 0.885. The van der Waals surface area contributed by atoms with Gasteiger partial charge >= 0.3 is 5.97 Å². The predicted octanol–water partition coefficient (Wildman–Crippen LogP) is 3.55. The molecule has 0 radical (unpaired) electrons. The Labute approximate surface area is 154 Å². The first-order valence-corrected chi connectivity index (χ1v) is 9.15. The largest absolute Gasteiger partial charge is 0.481 e. The van der Waals surface area contributed by atoms with E-state index in [4.69, 9.17) is 0 Å². The van der Waals surface area contributed by atoms with Crippen molar-refractivity contribution in [2.45, 2.75) is 33.6 Å². The van der Waals surface area contributed by atoms with E-state index >= 15 is 0 Å². The van der Waals surface area contributed by atoms with Crippen molar-refractivity contribution in [3.63, 3.8) is 0 Å². The Hall–Kier alpha value is -2.63. The van der Waals surface area contributed by atoms with Gasteiger partial charge in [0.05, 0.1) is 5.92 Å². The summed E-state index contributed by atoms with van der Waals surface area (Å²) in [5.74, 6) is 1.54. The Morgan fingerprint density at radius 3 is 2.58 bits per heavy atom. The van der Waals surface area contributed by atoms with Crippen molar-refractivity contribution in [3.05, 3.63) is 41.7 Å². The van der Waals surface area contributed by atoms with Crippen LogP contribution in [-0.2, 0) is 4.79 Å². The summed E-state index contributed by atoms with van der Waals surface area (Å²) < 4.78 is 0. The van der Waals surface area contributed by atoms with Crippen LogP contribution in [0.15, 0.2) is 30.3 Å². The lowest BCUT2D eigenvalue weighted by atomic mass is 9.97. The first-order chi connectivity index (χ1) is 12.5. The number of hydrogen-bond acceptors (Lipinski definition) is 5. The maximum absolute atomic E-state index is 11.2. The zero-order chi connectivity index (χ0) is 18.7. The monoisotopic (exact) mass is 354 g/mol. The zero-order valence-electron chi connectivity index (χ0n) is 15.6. The number of aromatic nitrogens is 2. The lowest BCUT2D eigenvalue weighted by Gasteiger charge is -2.32. The van der Waals surface area contributed by atoms with E-state index in [0.29, 0.717) is 25.9 Å². The molecule has 138 valence electrons. The molecule has 0 atom stereocenters. The SMILES string of the molecule is CCN(c1cccc(C)c1)c1cc(N2CCC(C(=O)O)CC2)nc(C)n1. The van der Waals surface area contributed by atoms with Crippen molar-refractivity contribution >= 4 is 23.3 Å². The molecule has 0 bridgehead atoms. The highest BCUT2D eigenvalue weighted by Gasteiger charge is 2.25. The van der Waals surface area contributed by atoms with Gasteiger partial charge in [0.1, 0.15) is 17.5 Å². The molecule has 6 nitrogen and oxygen atoms in total. The smallest absolute Gasteiger partial charge is 0.306 e. The normalized spacial score (nSPS) is 15.1. The molecule has 1 aliphatic rings. The number of nitrogens with zero attached hydrogens (tertiary/aromatic N) is 4. The third kappa shape index (κ3) is 3.95. The van der Waals surface area contributed by atoms with Crippen LogP contribution in [0, 0.1) is 19.8 Å². The Bertz CT molecular complexity index is 785. The molecule has 1 N–H and O–H groups in total. The number of rotatable bonds is 5. The van der Waals surface area contributed by atoms with Gasteiger partial charge in [-0.15, -0.1) is 0 Å². The van der Waals surface area contributed by atoms with Crippen LogP contribution in [-0.4, -0.2) is 40.7 Å². The summed E-state index contributed by atoms with van der Waals surface area (Å²) in [5.41, 5.74) is 2.32. The number of carboxylic acids is 1. The molecule has 0 spiro atoms. The van der Waals surface area contributed by atoms with Crippen molar-refractivity contribution < 1.29 is 9.90 Å².